The van der Waals surface area contributed by atoms with E-state index >= 15 is 0 Å². The molecule has 0 unspecified atom stereocenters. The fraction of sp³-hybridized carbons (Fsp3) is 0.0909. The van der Waals surface area contributed by atoms with Gasteiger partial charge in [0.2, 0.25) is 0 Å². The Bertz CT molecular complexity index is 1370. The van der Waals surface area contributed by atoms with Crippen LogP contribution in [0.15, 0.2) is 60.9 Å². The van der Waals surface area contributed by atoms with Crippen LogP contribution in [0.1, 0.15) is 21.5 Å². The summed E-state index contributed by atoms with van der Waals surface area (Å²) in [7, 11) is 0. The van der Waals surface area contributed by atoms with Gasteiger partial charge in [0.25, 0.3) is 5.91 Å². The number of carbonyl (C=O) groups is 1. The van der Waals surface area contributed by atoms with Gasteiger partial charge in [-0.05, 0) is 37.6 Å². The summed E-state index contributed by atoms with van der Waals surface area (Å²) in [6, 6.07) is 16.1. The lowest BCUT2D eigenvalue weighted by Gasteiger charge is -2.05. The van der Waals surface area contributed by atoms with Crippen molar-refractivity contribution < 1.29 is 4.79 Å². The van der Waals surface area contributed by atoms with E-state index in [1.54, 1.807) is 16.9 Å². The highest BCUT2D eigenvalue weighted by molar-refractivity contribution is 7.22. The topological polar surface area (TPSA) is 72.2 Å². The summed E-state index contributed by atoms with van der Waals surface area (Å²) in [6.45, 7) is 4.08. The Balaban J connectivity index is 1.50. The number of thiazole rings is 1. The van der Waals surface area contributed by atoms with Crippen LogP contribution in [-0.2, 0) is 0 Å². The van der Waals surface area contributed by atoms with Gasteiger partial charge >= 0.3 is 0 Å². The van der Waals surface area contributed by atoms with Crippen LogP contribution in [0.25, 0.3) is 27.1 Å². The van der Waals surface area contributed by atoms with Gasteiger partial charge in [0.1, 0.15) is 5.56 Å². The summed E-state index contributed by atoms with van der Waals surface area (Å²) in [5, 5.41) is 7.86. The highest BCUT2D eigenvalue weighted by Crippen LogP contribution is 2.27. The highest BCUT2D eigenvalue weighted by atomic mass is 32.1. The summed E-state index contributed by atoms with van der Waals surface area (Å²) in [6.07, 6.45) is 3.25. The smallest absolute Gasteiger partial charge is 0.262 e. The number of nitrogens with zero attached hydrogens (tertiary/aromatic N) is 4. The van der Waals surface area contributed by atoms with Crippen LogP contribution in [0.2, 0.25) is 0 Å². The number of nitrogens with one attached hydrogen (secondary N) is 1. The Hall–Kier alpha value is -3.58. The molecule has 1 amide bonds. The second kappa shape index (κ2) is 6.79. The molecule has 0 saturated heterocycles. The molecular weight excluding hydrogens is 382 g/mol. The maximum Gasteiger partial charge on any atom is 0.262 e. The zero-order valence-electron chi connectivity index (χ0n) is 15.9. The first-order valence-corrected chi connectivity index (χ1v) is 9.98. The van der Waals surface area contributed by atoms with Gasteiger partial charge in [-0.2, -0.15) is 5.10 Å². The van der Waals surface area contributed by atoms with Crippen molar-refractivity contribution >= 4 is 38.2 Å². The second-order valence-electron chi connectivity index (χ2n) is 6.93. The molecule has 0 atom stereocenters. The minimum Gasteiger partial charge on any atom is -0.298 e. The van der Waals surface area contributed by atoms with E-state index in [4.69, 9.17) is 0 Å². The first kappa shape index (κ1) is 17.5. The molecule has 1 N–H and O–H groups in total. The Morgan fingerprint density at radius 1 is 1.03 bits per heavy atom. The van der Waals surface area contributed by atoms with Crippen LogP contribution in [0.3, 0.4) is 0 Å². The lowest BCUT2D eigenvalue weighted by Crippen LogP contribution is -2.11. The lowest BCUT2D eigenvalue weighted by atomic mass is 10.1. The van der Waals surface area contributed by atoms with E-state index in [1.165, 1.54) is 16.9 Å². The van der Waals surface area contributed by atoms with Crippen molar-refractivity contribution in [2.24, 2.45) is 0 Å². The van der Waals surface area contributed by atoms with Crippen molar-refractivity contribution in [2.45, 2.75) is 13.8 Å². The third kappa shape index (κ3) is 3.15. The molecule has 0 aliphatic rings. The molecule has 29 heavy (non-hydrogen) atoms. The first-order valence-electron chi connectivity index (χ1n) is 9.17. The third-order valence-corrected chi connectivity index (χ3v) is 5.69. The molecule has 142 valence electrons. The number of aromatic nitrogens is 4. The van der Waals surface area contributed by atoms with E-state index in [0.29, 0.717) is 16.3 Å². The molecule has 5 rings (SSSR count). The lowest BCUT2D eigenvalue weighted by molar-refractivity contribution is 0.102. The molecule has 0 bridgehead atoms. The van der Waals surface area contributed by atoms with E-state index in [2.05, 4.69) is 26.4 Å². The predicted octanol–water partition coefficient (Wildman–Crippen LogP) is 4.88. The zero-order chi connectivity index (χ0) is 20.0. The average molecular weight is 399 g/mol. The molecular formula is C22H17N5OS. The van der Waals surface area contributed by atoms with E-state index in [0.717, 1.165) is 27.0 Å². The van der Waals surface area contributed by atoms with Crippen LogP contribution in [0.5, 0.6) is 0 Å². The van der Waals surface area contributed by atoms with Crippen molar-refractivity contribution in [3.63, 3.8) is 0 Å². The molecule has 0 spiro atoms. The average Bonchev–Trinajstić information content (AvgIpc) is 3.31. The number of hydrogen-bond acceptors (Lipinski definition) is 5. The molecule has 0 radical (unpaired) electrons. The minimum atomic E-state index is -0.274. The summed E-state index contributed by atoms with van der Waals surface area (Å²) < 4.78 is 2.74. The number of carbonyl (C=O) groups excluding carboxylic acids is 1. The highest BCUT2D eigenvalue weighted by Gasteiger charge is 2.17. The van der Waals surface area contributed by atoms with Crippen LogP contribution >= 0.6 is 11.3 Å². The van der Waals surface area contributed by atoms with E-state index in [9.17, 15) is 4.79 Å². The number of benzene rings is 2. The molecule has 5 aromatic rings. The fourth-order valence-electron chi connectivity index (χ4n) is 3.24. The van der Waals surface area contributed by atoms with Crippen LogP contribution in [0.4, 0.5) is 5.13 Å². The van der Waals surface area contributed by atoms with E-state index in [1.807, 2.05) is 56.3 Å². The van der Waals surface area contributed by atoms with Crippen LogP contribution in [0, 0.1) is 13.8 Å². The number of fused-ring (bicyclic) bond motifs is 2. The van der Waals surface area contributed by atoms with Gasteiger partial charge in [0, 0.05) is 11.8 Å². The molecule has 3 aromatic heterocycles. The minimum absolute atomic E-state index is 0.274. The monoisotopic (exact) mass is 399 g/mol. The Labute approximate surface area is 170 Å². The summed E-state index contributed by atoms with van der Waals surface area (Å²) in [5.74, 6) is -0.274. The van der Waals surface area contributed by atoms with Crippen molar-refractivity contribution in [1.82, 2.24) is 19.6 Å². The number of anilines is 1. The van der Waals surface area contributed by atoms with Crippen molar-refractivity contribution in [2.75, 3.05) is 5.32 Å². The number of amides is 1. The van der Waals surface area contributed by atoms with E-state index < -0.39 is 0 Å². The fourth-order valence-corrected chi connectivity index (χ4v) is 4.20. The molecule has 0 aliphatic carbocycles. The van der Waals surface area contributed by atoms with Crippen molar-refractivity contribution in [1.29, 1.82) is 0 Å². The first-order chi connectivity index (χ1) is 14.1. The van der Waals surface area contributed by atoms with Crippen LogP contribution < -0.4 is 5.32 Å². The normalized spacial score (nSPS) is 11.2. The second-order valence-corrected chi connectivity index (χ2v) is 7.96. The van der Waals surface area contributed by atoms with Gasteiger partial charge in [0.15, 0.2) is 10.8 Å². The number of aryl methyl sites for hydroxylation is 2. The van der Waals surface area contributed by atoms with Gasteiger partial charge in [-0.25, -0.2) is 14.5 Å². The summed E-state index contributed by atoms with van der Waals surface area (Å²) in [5.41, 5.74) is 6.03. The number of hydrogen-bond donors (Lipinski definition) is 1. The van der Waals surface area contributed by atoms with Crippen molar-refractivity contribution in [3.05, 3.63) is 77.6 Å². The van der Waals surface area contributed by atoms with Gasteiger partial charge in [-0.1, -0.05) is 47.2 Å². The summed E-state index contributed by atoms with van der Waals surface area (Å²) in [4.78, 5) is 21.8. The molecule has 6 nitrogen and oxygen atoms in total. The Morgan fingerprint density at radius 3 is 2.66 bits per heavy atom. The standard InChI is InChI=1S/C22H17N5OS/c1-13-3-6-15(7-4-13)18-9-10-23-20-16(12-24-27(18)20)21(28)26-22-25-17-8-5-14(2)11-19(17)29-22/h3-12H,1-2H3,(H,25,26,28). The van der Waals surface area contributed by atoms with Crippen LogP contribution in [-0.4, -0.2) is 25.5 Å². The quantitative estimate of drug-likeness (QED) is 0.470. The van der Waals surface area contributed by atoms with Crippen molar-refractivity contribution in [3.8, 4) is 11.3 Å². The van der Waals surface area contributed by atoms with Gasteiger partial charge in [-0.15, -0.1) is 0 Å². The maximum atomic E-state index is 12.9. The summed E-state index contributed by atoms with van der Waals surface area (Å²) >= 11 is 1.45. The molecule has 0 aliphatic heterocycles. The van der Waals surface area contributed by atoms with Gasteiger partial charge < -0.3 is 0 Å². The van der Waals surface area contributed by atoms with Gasteiger partial charge in [-0.3, -0.25) is 10.1 Å². The Kier molecular flexibility index (Phi) is 4.10. The maximum absolute atomic E-state index is 12.9. The molecule has 2 aromatic carbocycles. The molecule has 0 fully saturated rings. The molecule has 7 heteroatoms. The van der Waals surface area contributed by atoms with Gasteiger partial charge in [0.05, 0.1) is 22.1 Å². The largest absolute Gasteiger partial charge is 0.298 e. The number of rotatable bonds is 3. The third-order valence-electron chi connectivity index (χ3n) is 4.76. The zero-order valence-corrected chi connectivity index (χ0v) is 16.7. The SMILES string of the molecule is Cc1ccc(-c2ccnc3c(C(=O)Nc4nc5ccc(C)cc5s4)cnn23)cc1. The predicted molar refractivity (Wildman–Crippen MR) is 115 cm³/mol. The molecule has 3 heterocycles. The molecule has 0 saturated carbocycles. The Morgan fingerprint density at radius 2 is 1.83 bits per heavy atom. The van der Waals surface area contributed by atoms with E-state index in [-0.39, 0.29) is 5.91 Å².